The van der Waals surface area contributed by atoms with Gasteiger partial charge in [0.2, 0.25) is 5.91 Å². The van der Waals surface area contributed by atoms with E-state index in [0.29, 0.717) is 17.8 Å². The second-order valence-corrected chi connectivity index (χ2v) is 7.77. The minimum Gasteiger partial charge on any atom is -0.362 e. The van der Waals surface area contributed by atoms with E-state index in [-0.39, 0.29) is 17.9 Å². The van der Waals surface area contributed by atoms with E-state index < -0.39 is 0 Å². The molecule has 2 amide bonds. The SMILES string of the molecule is CC(NC(=O)c1cc(Br)cnc1N(C)C)c1cccc(N2CCCC2=O)c1. The second-order valence-electron chi connectivity index (χ2n) is 6.86. The number of carbonyl (C=O) groups is 2. The lowest BCUT2D eigenvalue weighted by atomic mass is 10.1. The number of benzene rings is 1. The Morgan fingerprint density at radius 2 is 2.11 bits per heavy atom. The summed E-state index contributed by atoms with van der Waals surface area (Å²) < 4.78 is 0.750. The molecule has 1 unspecified atom stereocenters. The van der Waals surface area contributed by atoms with E-state index >= 15 is 0 Å². The molecule has 1 fully saturated rings. The predicted molar refractivity (Wildman–Crippen MR) is 110 cm³/mol. The summed E-state index contributed by atoms with van der Waals surface area (Å²) in [6, 6.07) is 9.35. The molecule has 1 aromatic carbocycles. The number of hydrogen-bond donors (Lipinski definition) is 1. The summed E-state index contributed by atoms with van der Waals surface area (Å²) in [7, 11) is 3.71. The fourth-order valence-electron chi connectivity index (χ4n) is 3.20. The highest BCUT2D eigenvalue weighted by atomic mass is 79.9. The normalized spacial score (nSPS) is 15.0. The van der Waals surface area contributed by atoms with Crippen molar-refractivity contribution in [3.05, 3.63) is 52.1 Å². The first-order valence-electron chi connectivity index (χ1n) is 8.91. The molecule has 2 aromatic rings. The van der Waals surface area contributed by atoms with Gasteiger partial charge in [-0.05, 0) is 53.0 Å². The van der Waals surface area contributed by atoms with E-state index in [1.807, 2.05) is 50.2 Å². The van der Waals surface area contributed by atoms with Crippen LogP contribution in [0.5, 0.6) is 0 Å². The van der Waals surface area contributed by atoms with Crippen molar-refractivity contribution in [3.63, 3.8) is 0 Å². The van der Waals surface area contributed by atoms with Crippen LogP contribution in [0.25, 0.3) is 0 Å². The molecule has 142 valence electrons. The van der Waals surface area contributed by atoms with Crippen molar-refractivity contribution in [1.82, 2.24) is 10.3 Å². The van der Waals surface area contributed by atoms with E-state index in [9.17, 15) is 9.59 Å². The number of rotatable bonds is 5. The van der Waals surface area contributed by atoms with Gasteiger partial charge in [0.15, 0.2) is 0 Å². The largest absolute Gasteiger partial charge is 0.362 e. The van der Waals surface area contributed by atoms with E-state index in [1.165, 1.54) is 0 Å². The summed E-state index contributed by atoms with van der Waals surface area (Å²) in [6.45, 7) is 2.68. The van der Waals surface area contributed by atoms with Gasteiger partial charge in [-0.15, -0.1) is 0 Å². The Morgan fingerprint density at radius 1 is 1.33 bits per heavy atom. The predicted octanol–water partition coefficient (Wildman–Crippen LogP) is 3.53. The fraction of sp³-hybridized carbons (Fsp3) is 0.350. The maximum Gasteiger partial charge on any atom is 0.255 e. The van der Waals surface area contributed by atoms with Crippen LogP contribution in [-0.4, -0.2) is 37.4 Å². The molecule has 0 bridgehead atoms. The van der Waals surface area contributed by atoms with Gasteiger partial charge in [0.25, 0.3) is 5.91 Å². The number of aromatic nitrogens is 1. The lowest BCUT2D eigenvalue weighted by Gasteiger charge is -2.21. The average molecular weight is 431 g/mol. The summed E-state index contributed by atoms with van der Waals surface area (Å²) in [6.07, 6.45) is 3.16. The molecule has 0 aliphatic carbocycles. The Bertz CT molecular complexity index is 869. The van der Waals surface area contributed by atoms with Crippen LogP contribution >= 0.6 is 15.9 Å². The standard InChI is InChI=1S/C20H23BrN4O2/c1-13(14-6-4-7-16(10-14)25-9-5-8-18(25)26)23-20(27)17-11-15(21)12-22-19(17)24(2)3/h4,6-7,10-13H,5,8-9H2,1-3H3,(H,23,27). The molecular weight excluding hydrogens is 408 g/mol. The highest BCUT2D eigenvalue weighted by molar-refractivity contribution is 9.10. The van der Waals surface area contributed by atoms with Gasteiger partial charge in [-0.3, -0.25) is 9.59 Å². The Kier molecular flexibility index (Phi) is 5.79. The zero-order valence-electron chi connectivity index (χ0n) is 15.7. The Morgan fingerprint density at radius 3 is 2.78 bits per heavy atom. The van der Waals surface area contributed by atoms with E-state index in [2.05, 4.69) is 26.2 Å². The average Bonchev–Trinajstić information content (AvgIpc) is 3.07. The first-order valence-corrected chi connectivity index (χ1v) is 9.70. The zero-order valence-corrected chi connectivity index (χ0v) is 17.3. The van der Waals surface area contributed by atoms with Gasteiger partial charge in [-0.1, -0.05) is 12.1 Å². The Balaban J connectivity index is 1.80. The molecule has 1 atom stereocenters. The molecule has 0 spiro atoms. The third-order valence-electron chi connectivity index (χ3n) is 4.60. The molecule has 7 heteroatoms. The molecule has 0 saturated carbocycles. The van der Waals surface area contributed by atoms with Gasteiger partial charge in [0.1, 0.15) is 5.82 Å². The van der Waals surface area contributed by atoms with Gasteiger partial charge in [0, 0.05) is 43.4 Å². The van der Waals surface area contributed by atoms with Crippen LogP contribution < -0.4 is 15.1 Å². The summed E-state index contributed by atoms with van der Waals surface area (Å²) >= 11 is 3.38. The van der Waals surface area contributed by atoms with Crippen LogP contribution in [0.3, 0.4) is 0 Å². The molecule has 3 rings (SSSR count). The van der Waals surface area contributed by atoms with Gasteiger partial charge >= 0.3 is 0 Å². The van der Waals surface area contributed by atoms with Gasteiger partial charge in [0.05, 0.1) is 11.6 Å². The van der Waals surface area contributed by atoms with Gasteiger partial charge < -0.3 is 15.1 Å². The first kappa shape index (κ1) is 19.4. The van der Waals surface area contributed by atoms with E-state index in [0.717, 1.165) is 28.7 Å². The summed E-state index contributed by atoms with van der Waals surface area (Å²) in [5.41, 5.74) is 2.34. The van der Waals surface area contributed by atoms with E-state index in [1.54, 1.807) is 17.2 Å². The number of pyridine rings is 1. The molecule has 2 heterocycles. The molecule has 6 nitrogen and oxygen atoms in total. The number of anilines is 2. The van der Waals surface area contributed by atoms with Crippen molar-refractivity contribution < 1.29 is 9.59 Å². The number of hydrogen-bond acceptors (Lipinski definition) is 4. The van der Waals surface area contributed by atoms with Crippen LogP contribution in [0.2, 0.25) is 0 Å². The Labute approximate surface area is 167 Å². The fourth-order valence-corrected chi connectivity index (χ4v) is 3.53. The summed E-state index contributed by atoms with van der Waals surface area (Å²) in [5.74, 6) is 0.571. The van der Waals surface area contributed by atoms with Crippen molar-refractivity contribution in [2.45, 2.75) is 25.8 Å². The topological polar surface area (TPSA) is 65.5 Å². The van der Waals surface area contributed by atoms with Crippen LogP contribution in [-0.2, 0) is 4.79 Å². The maximum atomic E-state index is 12.8. The van der Waals surface area contributed by atoms with Crippen LogP contribution in [0.4, 0.5) is 11.5 Å². The summed E-state index contributed by atoms with van der Waals surface area (Å²) in [4.78, 5) is 32.8. The second kappa shape index (κ2) is 8.08. The molecular formula is C20H23BrN4O2. The van der Waals surface area contributed by atoms with Crippen molar-refractivity contribution >= 4 is 39.2 Å². The number of carbonyl (C=O) groups excluding carboxylic acids is 2. The molecule has 1 N–H and O–H groups in total. The van der Waals surface area contributed by atoms with Crippen molar-refractivity contribution in [1.29, 1.82) is 0 Å². The number of nitrogens with one attached hydrogen (secondary N) is 1. The molecule has 0 radical (unpaired) electrons. The minimum atomic E-state index is -0.204. The lowest BCUT2D eigenvalue weighted by Crippen LogP contribution is -2.29. The first-order chi connectivity index (χ1) is 12.9. The highest BCUT2D eigenvalue weighted by Crippen LogP contribution is 2.26. The van der Waals surface area contributed by atoms with Crippen molar-refractivity contribution in [3.8, 4) is 0 Å². The van der Waals surface area contributed by atoms with Crippen molar-refractivity contribution in [2.24, 2.45) is 0 Å². The Hall–Kier alpha value is -2.41. The monoisotopic (exact) mass is 430 g/mol. The van der Waals surface area contributed by atoms with E-state index in [4.69, 9.17) is 0 Å². The third kappa shape index (κ3) is 4.30. The third-order valence-corrected chi connectivity index (χ3v) is 5.04. The highest BCUT2D eigenvalue weighted by Gasteiger charge is 2.23. The van der Waals surface area contributed by atoms with Crippen molar-refractivity contribution in [2.75, 3.05) is 30.4 Å². The molecule has 1 aliphatic heterocycles. The molecule has 27 heavy (non-hydrogen) atoms. The van der Waals surface area contributed by atoms with Crippen LogP contribution in [0.15, 0.2) is 41.0 Å². The number of amides is 2. The smallest absolute Gasteiger partial charge is 0.255 e. The van der Waals surface area contributed by atoms with Crippen LogP contribution in [0, 0.1) is 0 Å². The maximum absolute atomic E-state index is 12.8. The minimum absolute atomic E-state index is 0.152. The quantitative estimate of drug-likeness (QED) is 0.787. The van der Waals surface area contributed by atoms with Crippen LogP contribution in [0.1, 0.15) is 41.7 Å². The van der Waals surface area contributed by atoms with Gasteiger partial charge in [-0.2, -0.15) is 0 Å². The lowest BCUT2D eigenvalue weighted by molar-refractivity contribution is -0.117. The van der Waals surface area contributed by atoms with Gasteiger partial charge in [-0.25, -0.2) is 4.98 Å². The molecule has 1 aromatic heterocycles. The zero-order chi connectivity index (χ0) is 19.6. The number of halogens is 1. The number of nitrogens with zero attached hydrogens (tertiary/aromatic N) is 3. The molecule has 1 aliphatic rings. The summed E-state index contributed by atoms with van der Waals surface area (Å²) in [5, 5.41) is 3.03. The molecule has 1 saturated heterocycles.